The van der Waals surface area contributed by atoms with E-state index in [2.05, 4.69) is 11.8 Å². The molecule has 2 aliphatic rings. The van der Waals surface area contributed by atoms with Crippen molar-refractivity contribution < 1.29 is 18.3 Å². The molecule has 1 aromatic carbocycles. The molecule has 4 rings (SSSR count). The van der Waals surface area contributed by atoms with Gasteiger partial charge in [-0.2, -0.15) is 5.10 Å². The number of carbonyl (C=O) groups excluding carboxylic acids is 1. The van der Waals surface area contributed by atoms with Crippen LogP contribution in [0.15, 0.2) is 51.4 Å². The van der Waals surface area contributed by atoms with Gasteiger partial charge < -0.3 is 15.4 Å². The van der Waals surface area contributed by atoms with Gasteiger partial charge in [0.1, 0.15) is 11.8 Å². The molecule has 34 heavy (non-hydrogen) atoms. The van der Waals surface area contributed by atoms with Crippen LogP contribution in [0.2, 0.25) is 0 Å². The lowest BCUT2D eigenvalue weighted by Crippen LogP contribution is -2.37. The van der Waals surface area contributed by atoms with Crippen molar-refractivity contribution in [1.82, 2.24) is 14.4 Å². The number of amides is 1. The molecule has 0 aliphatic carbocycles. The Bertz CT molecular complexity index is 1190. The molecule has 1 atom stereocenters. The van der Waals surface area contributed by atoms with Gasteiger partial charge in [-0.3, -0.25) is 19.5 Å². The number of fused-ring (bicyclic) bond motifs is 1. The average molecular weight is 475 g/mol. The first-order chi connectivity index (χ1) is 16.3. The van der Waals surface area contributed by atoms with Crippen LogP contribution in [0.25, 0.3) is 0 Å². The maximum Gasteiger partial charge on any atom is 0.414 e. The zero-order valence-electron chi connectivity index (χ0n) is 18.1. The summed E-state index contributed by atoms with van der Waals surface area (Å²) in [5.41, 5.74) is 4.31. The number of hydrogen-bond acceptors (Lipinski definition) is 8. The summed E-state index contributed by atoms with van der Waals surface area (Å²) in [6, 6.07) is 4.45. The SMILES string of the molecule is C=NN(/C=C\N)C[C@H]1CN(c2cc(F)c(N3CCn4c(=O)ccc(=O)n4CC3)c(F)c2)C(=O)O1. The fourth-order valence-corrected chi connectivity index (χ4v) is 4.09. The number of carbonyl (C=O) groups is 1. The zero-order chi connectivity index (χ0) is 24.4. The van der Waals surface area contributed by atoms with E-state index in [1.807, 2.05) is 0 Å². The first-order valence-electron chi connectivity index (χ1n) is 10.5. The van der Waals surface area contributed by atoms with Crippen molar-refractivity contribution in [2.24, 2.45) is 10.8 Å². The molecule has 13 heteroatoms. The summed E-state index contributed by atoms with van der Waals surface area (Å²) in [6.45, 7) is 4.01. The van der Waals surface area contributed by atoms with Crippen LogP contribution in [-0.4, -0.2) is 59.5 Å². The van der Waals surface area contributed by atoms with E-state index >= 15 is 8.78 Å². The molecule has 0 saturated carbocycles. The van der Waals surface area contributed by atoms with Crippen LogP contribution >= 0.6 is 0 Å². The van der Waals surface area contributed by atoms with Gasteiger partial charge in [0.15, 0.2) is 11.6 Å². The molecule has 1 saturated heterocycles. The van der Waals surface area contributed by atoms with E-state index in [9.17, 15) is 14.4 Å². The van der Waals surface area contributed by atoms with Gasteiger partial charge in [-0.1, -0.05) is 0 Å². The standard InChI is InChI=1S/C21H23F2N7O4/c1-25-27(5-4-24)12-15-13-28(21(33)34-15)14-10-16(22)20(17(23)11-14)26-6-8-29-18(31)2-3-19(32)30(29)9-7-26/h2-5,10-11,15H,1,6-9,12-13,24H2/b5-4-/t15-/m0/s1. The lowest BCUT2D eigenvalue weighted by Gasteiger charge is -2.24. The Morgan fingerprint density at radius 1 is 1.09 bits per heavy atom. The van der Waals surface area contributed by atoms with E-state index in [0.717, 1.165) is 17.0 Å². The Balaban J connectivity index is 1.54. The Hall–Kier alpha value is -4.16. The summed E-state index contributed by atoms with van der Waals surface area (Å²) >= 11 is 0. The molecule has 0 spiro atoms. The molecular formula is C21H23F2N7O4. The number of aromatic nitrogens is 2. The van der Waals surface area contributed by atoms with Gasteiger partial charge >= 0.3 is 6.09 Å². The van der Waals surface area contributed by atoms with Crippen LogP contribution in [0.1, 0.15) is 0 Å². The first-order valence-corrected chi connectivity index (χ1v) is 10.5. The van der Waals surface area contributed by atoms with Crippen molar-refractivity contribution >= 4 is 24.2 Å². The van der Waals surface area contributed by atoms with Gasteiger partial charge in [0, 0.05) is 56.5 Å². The number of nitrogens with two attached hydrogens (primary N) is 1. The van der Waals surface area contributed by atoms with E-state index in [0.29, 0.717) is 0 Å². The minimum Gasteiger partial charge on any atom is -0.442 e. The molecule has 11 nitrogen and oxygen atoms in total. The molecule has 0 radical (unpaired) electrons. The number of halogens is 2. The van der Waals surface area contributed by atoms with Crippen LogP contribution < -0.4 is 26.7 Å². The second-order valence-electron chi connectivity index (χ2n) is 7.72. The first kappa shape index (κ1) is 23.0. The zero-order valence-corrected chi connectivity index (χ0v) is 18.1. The number of hydrazone groups is 1. The molecule has 0 unspecified atom stereocenters. The smallest absolute Gasteiger partial charge is 0.414 e. The van der Waals surface area contributed by atoms with Crippen LogP contribution in [-0.2, 0) is 17.8 Å². The highest BCUT2D eigenvalue weighted by Crippen LogP contribution is 2.31. The fourth-order valence-electron chi connectivity index (χ4n) is 4.09. The maximum absolute atomic E-state index is 15.1. The third-order valence-corrected chi connectivity index (χ3v) is 5.67. The minimum atomic E-state index is -0.877. The maximum atomic E-state index is 15.1. The van der Waals surface area contributed by atoms with Crippen molar-refractivity contribution in [3.8, 4) is 0 Å². The molecule has 2 aliphatic heterocycles. The van der Waals surface area contributed by atoms with Crippen LogP contribution in [0.4, 0.5) is 25.0 Å². The largest absolute Gasteiger partial charge is 0.442 e. The number of ether oxygens (including phenoxy) is 1. The summed E-state index contributed by atoms with van der Waals surface area (Å²) in [6.07, 6.45) is 1.32. The van der Waals surface area contributed by atoms with Crippen molar-refractivity contribution in [3.05, 3.63) is 69.0 Å². The lowest BCUT2D eigenvalue weighted by atomic mass is 10.2. The van der Waals surface area contributed by atoms with Gasteiger partial charge in [0.05, 0.1) is 31.9 Å². The molecule has 1 amide bonds. The predicted octanol–water partition coefficient (Wildman–Crippen LogP) is 0.481. The topological polar surface area (TPSA) is 118 Å². The highest BCUT2D eigenvalue weighted by Gasteiger charge is 2.34. The van der Waals surface area contributed by atoms with Gasteiger partial charge in [-0.25, -0.2) is 22.9 Å². The third kappa shape index (κ3) is 4.36. The molecule has 3 heterocycles. The van der Waals surface area contributed by atoms with Crippen molar-refractivity contribution in [1.29, 1.82) is 0 Å². The molecular weight excluding hydrogens is 452 g/mol. The third-order valence-electron chi connectivity index (χ3n) is 5.67. The van der Waals surface area contributed by atoms with Crippen molar-refractivity contribution in [2.75, 3.05) is 36.0 Å². The number of nitrogens with zero attached hydrogens (tertiary/aromatic N) is 6. The normalized spacial score (nSPS) is 18.1. The molecule has 0 bridgehead atoms. The summed E-state index contributed by atoms with van der Waals surface area (Å²) in [7, 11) is 0. The highest BCUT2D eigenvalue weighted by atomic mass is 19.1. The predicted molar refractivity (Wildman–Crippen MR) is 121 cm³/mol. The highest BCUT2D eigenvalue weighted by molar-refractivity contribution is 5.90. The summed E-state index contributed by atoms with van der Waals surface area (Å²) in [5, 5.41) is 5.10. The Morgan fingerprint density at radius 2 is 1.68 bits per heavy atom. The van der Waals surface area contributed by atoms with Crippen molar-refractivity contribution in [2.45, 2.75) is 19.2 Å². The van der Waals surface area contributed by atoms with Crippen LogP contribution in [0.5, 0.6) is 0 Å². The number of hydrogen-bond donors (Lipinski definition) is 1. The second-order valence-corrected chi connectivity index (χ2v) is 7.72. The Labute approximate surface area is 192 Å². The van der Waals surface area contributed by atoms with Gasteiger partial charge in [0.25, 0.3) is 11.1 Å². The minimum absolute atomic E-state index is 0.00396. The van der Waals surface area contributed by atoms with E-state index in [1.165, 1.54) is 43.8 Å². The van der Waals surface area contributed by atoms with E-state index in [4.69, 9.17) is 10.5 Å². The summed E-state index contributed by atoms with van der Waals surface area (Å²) < 4.78 is 38.0. The van der Waals surface area contributed by atoms with E-state index < -0.39 is 23.8 Å². The van der Waals surface area contributed by atoms with E-state index in [-0.39, 0.29) is 61.8 Å². The molecule has 1 fully saturated rings. The number of rotatable bonds is 6. The van der Waals surface area contributed by atoms with Gasteiger partial charge in [-0.15, -0.1) is 0 Å². The van der Waals surface area contributed by atoms with E-state index in [1.54, 1.807) is 0 Å². The monoisotopic (exact) mass is 475 g/mol. The molecule has 1 aromatic heterocycles. The molecule has 2 aromatic rings. The second kappa shape index (κ2) is 9.37. The lowest BCUT2D eigenvalue weighted by molar-refractivity contribution is 0.123. The summed E-state index contributed by atoms with van der Waals surface area (Å²) in [5.74, 6) is -1.75. The quantitative estimate of drug-likeness (QED) is 0.477. The number of cyclic esters (lactones) is 1. The molecule has 180 valence electrons. The number of benzene rings is 1. The Kier molecular flexibility index (Phi) is 6.34. The fraction of sp³-hybridized carbons (Fsp3) is 0.333. The van der Waals surface area contributed by atoms with Crippen molar-refractivity contribution in [3.63, 3.8) is 0 Å². The van der Waals surface area contributed by atoms with Gasteiger partial charge in [0.2, 0.25) is 0 Å². The van der Waals surface area contributed by atoms with Crippen LogP contribution in [0.3, 0.4) is 0 Å². The Morgan fingerprint density at radius 3 is 2.21 bits per heavy atom. The molecule has 2 N–H and O–H groups in total. The summed E-state index contributed by atoms with van der Waals surface area (Å²) in [4.78, 5) is 39.1. The van der Waals surface area contributed by atoms with Crippen LogP contribution in [0, 0.1) is 11.6 Å². The number of anilines is 2. The average Bonchev–Trinajstić information content (AvgIpc) is 3.01. The van der Waals surface area contributed by atoms with Gasteiger partial charge in [-0.05, 0) is 0 Å².